The van der Waals surface area contributed by atoms with Crippen molar-refractivity contribution in [1.29, 1.82) is 0 Å². The number of aromatic nitrogens is 2. The maximum Gasteiger partial charge on any atom is 0.260 e. The van der Waals surface area contributed by atoms with Gasteiger partial charge < -0.3 is 4.57 Å². The molecule has 0 atom stereocenters. The highest BCUT2D eigenvalue weighted by Gasteiger charge is 2.27. The normalized spacial score (nSPS) is 16.6. The fourth-order valence-corrected chi connectivity index (χ4v) is 7.32. The van der Waals surface area contributed by atoms with Crippen LogP contribution in [0.5, 0.6) is 0 Å². The average molecular weight is 431 g/mol. The number of rotatable bonds is 4. The summed E-state index contributed by atoms with van der Waals surface area (Å²) in [5.74, 6) is 2.06. The lowest BCUT2D eigenvalue weighted by Gasteiger charge is -2.23. The largest absolute Gasteiger partial charge is 0.315 e. The maximum absolute atomic E-state index is 13.3. The molecule has 146 valence electrons. The molecule has 0 spiro atoms. The van der Waals surface area contributed by atoms with Crippen molar-refractivity contribution in [1.82, 2.24) is 14.5 Å². The fourth-order valence-electron chi connectivity index (χ4n) is 3.84. The first-order chi connectivity index (χ1) is 13.7. The zero-order valence-electron chi connectivity index (χ0n) is 15.7. The van der Waals surface area contributed by atoms with Gasteiger partial charge in [-0.1, -0.05) is 6.92 Å². The van der Waals surface area contributed by atoms with Gasteiger partial charge >= 0.3 is 0 Å². The highest BCUT2D eigenvalue weighted by atomic mass is 32.2. The number of carbonyl (C=O) groups excluding carboxylic acids is 1. The van der Waals surface area contributed by atoms with Crippen molar-refractivity contribution < 1.29 is 4.79 Å². The lowest BCUT2D eigenvalue weighted by molar-refractivity contribution is 0.102. The standard InChI is InChI=1S/C20H22N4OS3/c1-2-23-9-5-14-15(11-23)28-20(21-14)22-18(25)17-13-6-10-26-12-16(13)27-19(17)24-7-3-4-8-24/h3-4,7-8H,2,5-6,9-12H2,1H3,(H,21,22,25). The molecule has 1 amide bonds. The molecule has 2 aliphatic heterocycles. The second-order valence-electron chi connectivity index (χ2n) is 7.04. The third kappa shape index (κ3) is 3.32. The molecular formula is C20H22N4OS3. The number of carbonyl (C=O) groups is 1. The second kappa shape index (κ2) is 7.67. The number of hydrogen-bond donors (Lipinski definition) is 1. The molecule has 0 aliphatic carbocycles. The number of anilines is 1. The van der Waals surface area contributed by atoms with Crippen LogP contribution in [0.15, 0.2) is 24.5 Å². The Bertz CT molecular complexity index is 1010. The molecule has 0 aromatic carbocycles. The summed E-state index contributed by atoms with van der Waals surface area (Å²) in [6.07, 6.45) is 5.96. The Morgan fingerprint density at radius 1 is 1.21 bits per heavy atom. The van der Waals surface area contributed by atoms with Crippen LogP contribution >= 0.6 is 34.4 Å². The molecule has 0 bridgehead atoms. The van der Waals surface area contributed by atoms with E-state index in [9.17, 15) is 4.79 Å². The van der Waals surface area contributed by atoms with Gasteiger partial charge in [0.15, 0.2) is 5.13 Å². The number of likely N-dealkylation sites (N-methyl/N-ethyl adjacent to an activating group) is 1. The van der Waals surface area contributed by atoms with Gasteiger partial charge in [0.2, 0.25) is 0 Å². The summed E-state index contributed by atoms with van der Waals surface area (Å²) < 4.78 is 2.06. The molecule has 8 heteroatoms. The lowest BCUT2D eigenvalue weighted by atomic mass is 10.1. The third-order valence-corrected chi connectivity index (χ3v) is 8.76. The van der Waals surface area contributed by atoms with Crippen LogP contribution in [0.25, 0.3) is 5.00 Å². The molecule has 5 rings (SSSR count). The number of nitrogens with one attached hydrogen (secondary N) is 1. The van der Waals surface area contributed by atoms with Crippen LogP contribution in [-0.4, -0.2) is 39.2 Å². The molecule has 5 heterocycles. The van der Waals surface area contributed by atoms with Crippen LogP contribution in [0.2, 0.25) is 0 Å². The smallest absolute Gasteiger partial charge is 0.260 e. The SMILES string of the molecule is CCN1CCc2nc(NC(=O)c3c(-n4cccc4)sc4c3CCSC4)sc2C1. The molecular weight excluding hydrogens is 408 g/mol. The van der Waals surface area contributed by atoms with Crippen molar-refractivity contribution in [2.75, 3.05) is 24.2 Å². The Morgan fingerprint density at radius 2 is 2.07 bits per heavy atom. The zero-order chi connectivity index (χ0) is 19.1. The molecule has 3 aromatic rings. The summed E-state index contributed by atoms with van der Waals surface area (Å²) in [7, 11) is 0. The Kier molecular flexibility index (Phi) is 5.04. The number of fused-ring (bicyclic) bond motifs is 2. The topological polar surface area (TPSA) is 50.2 Å². The van der Waals surface area contributed by atoms with Crippen LogP contribution in [0.3, 0.4) is 0 Å². The third-order valence-electron chi connectivity index (χ3n) is 5.35. The van der Waals surface area contributed by atoms with E-state index in [0.29, 0.717) is 0 Å². The lowest BCUT2D eigenvalue weighted by Crippen LogP contribution is -2.29. The van der Waals surface area contributed by atoms with Gasteiger partial charge in [-0.2, -0.15) is 11.8 Å². The number of amides is 1. The Morgan fingerprint density at radius 3 is 2.89 bits per heavy atom. The van der Waals surface area contributed by atoms with Gasteiger partial charge in [0, 0.05) is 47.4 Å². The number of thiophene rings is 1. The Labute approximate surface area is 176 Å². The molecule has 0 unspecified atom stereocenters. The summed E-state index contributed by atoms with van der Waals surface area (Å²) in [6.45, 7) is 5.24. The van der Waals surface area contributed by atoms with Crippen LogP contribution in [-0.2, 0) is 25.1 Å². The van der Waals surface area contributed by atoms with Gasteiger partial charge in [-0.05, 0) is 36.4 Å². The van der Waals surface area contributed by atoms with Crippen molar-refractivity contribution in [3.05, 3.63) is 51.1 Å². The first kappa shape index (κ1) is 18.4. The first-order valence-electron chi connectivity index (χ1n) is 9.61. The summed E-state index contributed by atoms with van der Waals surface area (Å²) >= 11 is 5.32. The molecule has 1 N–H and O–H groups in total. The van der Waals surface area contributed by atoms with E-state index in [1.165, 1.54) is 15.3 Å². The van der Waals surface area contributed by atoms with Crippen molar-refractivity contribution >= 4 is 45.5 Å². The summed E-state index contributed by atoms with van der Waals surface area (Å²) in [4.78, 5) is 23.1. The second-order valence-corrected chi connectivity index (χ2v) is 10.3. The van der Waals surface area contributed by atoms with Crippen LogP contribution in [0.1, 0.15) is 38.3 Å². The number of hydrogen-bond acceptors (Lipinski definition) is 6. The van der Waals surface area contributed by atoms with Gasteiger partial charge in [0.25, 0.3) is 5.91 Å². The van der Waals surface area contributed by atoms with Crippen LogP contribution < -0.4 is 5.32 Å². The molecule has 3 aromatic heterocycles. The number of thiazole rings is 1. The minimum absolute atomic E-state index is 0.0217. The van der Waals surface area contributed by atoms with Gasteiger partial charge in [0.05, 0.1) is 11.3 Å². The van der Waals surface area contributed by atoms with Gasteiger partial charge in [-0.15, -0.1) is 22.7 Å². The van der Waals surface area contributed by atoms with E-state index in [4.69, 9.17) is 4.98 Å². The average Bonchev–Trinajstić information content (AvgIpc) is 3.44. The minimum atomic E-state index is -0.0217. The van der Waals surface area contributed by atoms with E-state index in [1.807, 2.05) is 36.3 Å². The quantitative estimate of drug-likeness (QED) is 0.666. The highest BCUT2D eigenvalue weighted by Crippen LogP contribution is 2.39. The van der Waals surface area contributed by atoms with E-state index >= 15 is 0 Å². The number of nitrogens with zero attached hydrogens (tertiary/aromatic N) is 3. The van der Waals surface area contributed by atoms with Crippen molar-refractivity contribution in [2.45, 2.75) is 32.1 Å². The molecule has 2 aliphatic rings. The number of thioether (sulfide) groups is 1. The summed E-state index contributed by atoms with van der Waals surface area (Å²) in [6, 6.07) is 4.01. The van der Waals surface area contributed by atoms with Crippen molar-refractivity contribution in [3.8, 4) is 5.00 Å². The molecule has 28 heavy (non-hydrogen) atoms. The van der Waals surface area contributed by atoms with E-state index in [2.05, 4.69) is 21.7 Å². The van der Waals surface area contributed by atoms with E-state index in [1.54, 1.807) is 22.7 Å². The van der Waals surface area contributed by atoms with E-state index in [-0.39, 0.29) is 5.91 Å². The van der Waals surface area contributed by atoms with Crippen LogP contribution in [0, 0.1) is 0 Å². The van der Waals surface area contributed by atoms with Crippen molar-refractivity contribution in [2.24, 2.45) is 0 Å². The molecule has 0 saturated carbocycles. The highest BCUT2D eigenvalue weighted by molar-refractivity contribution is 7.98. The molecule has 0 saturated heterocycles. The van der Waals surface area contributed by atoms with Gasteiger partial charge in [-0.25, -0.2) is 4.98 Å². The maximum atomic E-state index is 13.3. The van der Waals surface area contributed by atoms with Crippen LogP contribution in [0.4, 0.5) is 5.13 Å². The monoisotopic (exact) mass is 430 g/mol. The molecule has 0 radical (unpaired) electrons. The minimum Gasteiger partial charge on any atom is -0.315 e. The zero-order valence-corrected chi connectivity index (χ0v) is 18.2. The first-order valence-corrected chi connectivity index (χ1v) is 12.4. The summed E-state index contributed by atoms with van der Waals surface area (Å²) in [5, 5.41) is 4.88. The van der Waals surface area contributed by atoms with E-state index < -0.39 is 0 Å². The predicted molar refractivity (Wildman–Crippen MR) is 118 cm³/mol. The summed E-state index contributed by atoms with van der Waals surface area (Å²) in [5.41, 5.74) is 3.21. The molecule has 5 nitrogen and oxygen atoms in total. The van der Waals surface area contributed by atoms with Gasteiger partial charge in [-0.3, -0.25) is 15.0 Å². The molecule has 0 fully saturated rings. The Balaban J connectivity index is 1.46. The van der Waals surface area contributed by atoms with E-state index in [0.717, 1.165) is 65.4 Å². The van der Waals surface area contributed by atoms with Crippen molar-refractivity contribution in [3.63, 3.8) is 0 Å². The Hall–Kier alpha value is -1.61. The fraction of sp³-hybridized carbons (Fsp3) is 0.400. The van der Waals surface area contributed by atoms with Gasteiger partial charge in [0.1, 0.15) is 5.00 Å². The predicted octanol–water partition coefficient (Wildman–Crippen LogP) is 4.41.